The summed E-state index contributed by atoms with van der Waals surface area (Å²) in [5.41, 5.74) is -0.656. The Morgan fingerprint density at radius 3 is 2.12 bits per heavy atom. The lowest BCUT2D eigenvalue weighted by molar-refractivity contribution is -0.185. The molecule has 0 radical (unpaired) electrons. The molecule has 2 aliphatic rings. The van der Waals surface area contributed by atoms with Gasteiger partial charge in [0.2, 0.25) is 11.8 Å². The van der Waals surface area contributed by atoms with E-state index in [9.17, 15) is 28.8 Å². The molecule has 0 bridgehead atoms. The minimum absolute atomic E-state index is 0.0347. The maximum atomic E-state index is 14.1. The van der Waals surface area contributed by atoms with Crippen molar-refractivity contribution in [2.75, 3.05) is 13.6 Å². The molecule has 1 aromatic carbocycles. The second-order valence-corrected chi connectivity index (χ2v) is 14.2. The van der Waals surface area contributed by atoms with Crippen LogP contribution in [0.4, 0.5) is 0 Å². The minimum atomic E-state index is -1.39. The predicted molar refractivity (Wildman–Crippen MR) is 177 cm³/mol. The first-order valence-corrected chi connectivity index (χ1v) is 17.0. The number of esters is 3. The third-order valence-corrected chi connectivity index (χ3v) is 9.26. The highest BCUT2D eigenvalue weighted by atomic mass is 16.6. The molecule has 0 saturated carbocycles. The number of cyclic esters (lactones) is 3. The highest BCUT2D eigenvalue weighted by Crippen LogP contribution is 2.31. The number of hydrogen-bond acceptors (Lipinski definition) is 9. The zero-order valence-corrected chi connectivity index (χ0v) is 29.8. The second-order valence-electron chi connectivity index (χ2n) is 14.2. The predicted octanol–water partition coefficient (Wildman–Crippen LogP) is 3.44. The fourth-order valence-electron chi connectivity index (χ4n) is 6.28. The Kier molecular flexibility index (Phi) is 13.2. The summed E-state index contributed by atoms with van der Waals surface area (Å²) in [6.45, 7) is 13.7. The summed E-state index contributed by atoms with van der Waals surface area (Å²) in [7, 11) is 1.52. The van der Waals surface area contributed by atoms with Gasteiger partial charge in [0.25, 0.3) is 5.91 Å². The lowest BCUT2D eigenvalue weighted by atomic mass is 9.84. The van der Waals surface area contributed by atoms with Crippen LogP contribution < -0.4 is 5.32 Å². The van der Waals surface area contributed by atoms with E-state index in [0.717, 1.165) is 5.56 Å². The molecule has 1 aromatic rings. The van der Waals surface area contributed by atoms with E-state index in [1.54, 1.807) is 65.8 Å². The van der Waals surface area contributed by atoms with Crippen LogP contribution in [0.5, 0.6) is 0 Å². The lowest BCUT2D eigenvalue weighted by Crippen LogP contribution is -2.59. The molecule has 2 saturated heterocycles. The first-order chi connectivity index (χ1) is 22.5. The first kappa shape index (κ1) is 38.5. The van der Waals surface area contributed by atoms with Gasteiger partial charge in [-0.25, -0.2) is 9.59 Å². The molecular formula is C36H53N3O9. The number of fused-ring (bicyclic) bond motifs is 1. The molecule has 2 heterocycles. The van der Waals surface area contributed by atoms with Crippen molar-refractivity contribution in [2.24, 2.45) is 17.3 Å². The molecular weight excluding hydrogens is 618 g/mol. The lowest BCUT2D eigenvalue weighted by Gasteiger charge is -2.36. The van der Waals surface area contributed by atoms with Crippen LogP contribution in [0.1, 0.15) is 86.6 Å². The summed E-state index contributed by atoms with van der Waals surface area (Å²) in [6, 6.07) is 6.08. The zero-order valence-electron chi connectivity index (χ0n) is 29.8. The number of likely N-dealkylation sites (N-methyl/N-ethyl adjacent to an activating group) is 1. The van der Waals surface area contributed by atoms with Crippen molar-refractivity contribution in [3.05, 3.63) is 35.9 Å². The van der Waals surface area contributed by atoms with Gasteiger partial charge in [-0.15, -0.1) is 0 Å². The van der Waals surface area contributed by atoms with Crippen LogP contribution >= 0.6 is 0 Å². The van der Waals surface area contributed by atoms with Gasteiger partial charge in [-0.05, 0) is 57.4 Å². The quantitative estimate of drug-likeness (QED) is 0.355. The summed E-state index contributed by atoms with van der Waals surface area (Å²) < 4.78 is 17.3. The Morgan fingerprint density at radius 2 is 1.54 bits per heavy atom. The maximum absolute atomic E-state index is 14.1. The Balaban J connectivity index is 2.10. The fraction of sp³-hybridized carbons (Fsp3) is 0.667. The summed E-state index contributed by atoms with van der Waals surface area (Å²) in [5.74, 6) is -4.72. The highest BCUT2D eigenvalue weighted by molar-refractivity contribution is 5.95. The van der Waals surface area contributed by atoms with E-state index in [1.807, 2.05) is 13.0 Å². The van der Waals surface area contributed by atoms with Crippen LogP contribution in [0.25, 0.3) is 0 Å². The van der Waals surface area contributed by atoms with E-state index in [1.165, 1.54) is 23.8 Å². The van der Waals surface area contributed by atoms with E-state index in [-0.39, 0.29) is 24.8 Å². The molecule has 3 amide bonds. The smallest absolute Gasteiger partial charge is 0.347 e. The van der Waals surface area contributed by atoms with Crippen LogP contribution in [-0.2, 0) is 49.4 Å². The number of nitrogens with one attached hydrogen (secondary N) is 1. The van der Waals surface area contributed by atoms with Crippen LogP contribution in [-0.4, -0.2) is 95.5 Å². The fourth-order valence-corrected chi connectivity index (χ4v) is 6.28. The van der Waals surface area contributed by atoms with Gasteiger partial charge in [0.1, 0.15) is 24.2 Å². The zero-order chi connectivity index (χ0) is 35.9. The highest BCUT2D eigenvalue weighted by Gasteiger charge is 2.46. The Hall–Kier alpha value is -3.96. The van der Waals surface area contributed by atoms with E-state index in [0.29, 0.717) is 25.7 Å². The molecule has 48 heavy (non-hydrogen) atoms. The van der Waals surface area contributed by atoms with Gasteiger partial charge in [-0.2, -0.15) is 0 Å². The monoisotopic (exact) mass is 671 g/mol. The molecule has 2 aliphatic heterocycles. The van der Waals surface area contributed by atoms with E-state index in [2.05, 4.69) is 5.32 Å². The first-order valence-electron chi connectivity index (χ1n) is 17.0. The van der Waals surface area contributed by atoms with Crippen molar-refractivity contribution in [2.45, 2.75) is 124 Å². The van der Waals surface area contributed by atoms with Crippen molar-refractivity contribution in [1.29, 1.82) is 0 Å². The van der Waals surface area contributed by atoms with Gasteiger partial charge in [-0.1, -0.05) is 71.4 Å². The molecule has 0 aromatic heterocycles. The molecule has 2 fully saturated rings. The molecule has 6 atom stereocenters. The summed E-state index contributed by atoms with van der Waals surface area (Å²) >= 11 is 0. The average Bonchev–Trinajstić information content (AvgIpc) is 3.52. The summed E-state index contributed by atoms with van der Waals surface area (Å²) in [4.78, 5) is 85.4. The van der Waals surface area contributed by atoms with Gasteiger partial charge in [-0.3, -0.25) is 19.2 Å². The van der Waals surface area contributed by atoms with Crippen LogP contribution in [0.3, 0.4) is 0 Å². The largest absolute Gasteiger partial charge is 0.460 e. The van der Waals surface area contributed by atoms with Crippen molar-refractivity contribution in [3.8, 4) is 0 Å². The van der Waals surface area contributed by atoms with Crippen molar-refractivity contribution in [3.63, 3.8) is 0 Å². The van der Waals surface area contributed by atoms with E-state index in [4.69, 9.17) is 14.2 Å². The van der Waals surface area contributed by atoms with Crippen LogP contribution in [0, 0.1) is 17.3 Å². The van der Waals surface area contributed by atoms with Gasteiger partial charge in [0.05, 0.1) is 5.41 Å². The van der Waals surface area contributed by atoms with Gasteiger partial charge in [0, 0.05) is 20.0 Å². The number of rotatable bonds is 6. The van der Waals surface area contributed by atoms with Gasteiger partial charge < -0.3 is 29.3 Å². The van der Waals surface area contributed by atoms with Crippen LogP contribution in [0.15, 0.2) is 30.3 Å². The molecule has 266 valence electrons. The standard InChI is InChI=1S/C36H53N3O9/c1-10-15-27-36(7,8)35(45)46-23(6)33(43)47-26(20-24-16-12-11-13-17-24)32(42)39-19-14-18-25(39)31(41)38(9)29(22(4)5)30(40)37-28(21(2)3)34(44)48-27/h11-13,16-17,21-23,25-29H,10,14-15,18-20H2,1-9H3,(H,37,40)/t23-,25-,26-,27+,28-,29+/m0/s1. The molecule has 1 N–H and O–H groups in total. The molecule has 3 rings (SSSR count). The Labute approximate surface area is 284 Å². The third kappa shape index (κ3) is 8.93. The number of amides is 3. The number of nitrogens with zero attached hydrogens (tertiary/aromatic N) is 2. The van der Waals surface area contributed by atoms with E-state index < -0.39 is 77.5 Å². The van der Waals surface area contributed by atoms with E-state index >= 15 is 0 Å². The number of carbonyl (C=O) groups is 6. The van der Waals surface area contributed by atoms with Crippen LogP contribution in [0.2, 0.25) is 0 Å². The maximum Gasteiger partial charge on any atom is 0.347 e. The van der Waals surface area contributed by atoms with Gasteiger partial charge >= 0.3 is 17.9 Å². The molecule has 12 heteroatoms. The Morgan fingerprint density at radius 1 is 0.896 bits per heavy atom. The Bertz CT molecular complexity index is 1330. The summed E-state index contributed by atoms with van der Waals surface area (Å²) in [6.07, 6.45) is -1.85. The molecule has 0 aliphatic carbocycles. The van der Waals surface area contributed by atoms with Crippen molar-refractivity contribution < 1.29 is 43.0 Å². The normalized spacial score (nSPS) is 28.2. The number of ether oxygens (including phenoxy) is 3. The topological polar surface area (TPSA) is 149 Å². The molecule has 0 unspecified atom stereocenters. The van der Waals surface area contributed by atoms with Gasteiger partial charge in [0.15, 0.2) is 12.2 Å². The van der Waals surface area contributed by atoms with Crippen molar-refractivity contribution in [1.82, 2.24) is 15.1 Å². The average molecular weight is 672 g/mol. The second kappa shape index (κ2) is 16.4. The third-order valence-electron chi connectivity index (χ3n) is 9.26. The molecule has 12 nitrogen and oxygen atoms in total. The van der Waals surface area contributed by atoms with Crippen molar-refractivity contribution >= 4 is 35.6 Å². The number of carbonyl (C=O) groups excluding carboxylic acids is 6. The number of benzene rings is 1. The minimum Gasteiger partial charge on any atom is -0.460 e. The number of hydrogen-bond donors (Lipinski definition) is 1. The SMILES string of the molecule is CCC[C@H]1OC(=O)[C@H](C(C)C)NC(=O)[C@@H](C(C)C)N(C)C(=O)[C@@H]2CCCN2C(=O)[C@H](Cc2ccccc2)OC(=O)[C@H](C)OC(=O)C1(C)C. The summed E-state index contributed by atoms with van der Waals surface area (Å²) in [5, 5.41) is 2.81. The molecule has 0 spiro atoms.